The van der Waals surface area contributed by atoms with Crippen LogP contribution in [0, 0.1) is 0 Å². The Kier molecular flexibility index (Phi) is 16.7. The minimum absolute atomic E-state index is 0.00114. The number of benzene rings is 6. The highest BCUT2D eigenvalue weighted by molar-refractivity contribution is 5.76. The lowest BCUT2D eigenvalue weighted by atomic mass is 9.75. The van der Waals surface area contributed by atoms with Crippen molar-refractivity contribution in [1.82, 2.24) is 0 Å². The van der Waals surface area contributed by atoms with Crippen LogP contribution < -0.4 is 23.7 Å². The first-order chi connectivity index (χ1) is 40.3. The molecule has 84 heavy (non-hydrogen) atoms. The van der Waals surface area contributed by atoms with Crippen molar-refractivity contribution in [2.75, 3.05) is 19.8 Å². The van der Waals surface area contributed by atoms with Crippen molar-refractivity contribution < 1.29 is 120 Å². The summed E-state index contributed by atoms with van der Waals surface area (Å²) in [6.07, 6.45) is -24.0. The van der Waals surface area contributed by atoms with E-state index in [1.165, 1.54) is 66.7 Å². The second kappa shape index (κ2) is 24.0. The smallest absolute Gasteiger partial charge is 0.229 e. The van der Waals surface area contributed by atoms with E-state index in [1.807, 2.05) is 0 Å². The number of hydrogen-bond donors (Lipinski definition) is 16. The van der Waals surface area contributed by atoms with Crippen LogP contribution in [0.25, 0.3) is 12.2 Å². The molecule has 19 atom stereocenters. The summed E-state index contributed by atoms with van der Waals surface area (Å²) >= 11 is 0. The minimum atomic E-state index is -1.88. The van der Waals surface area contributed by atoms with Crippen molar-refractivity contribution in [3.05, 3.63) is 160 Å². The maximum absolute atomic E-state index is 11.6. The number of ether oxygens (including phenoxy) is 8. The molecule has 6 aromatic carbocycles. The quantitative estimate of drug-likeness (QED) is 0.0631. The number of phenols is 4. The van der Waals surface area contributed by atoms with Gasteiger partial charge in [-0.1, -0.05) is 48.6 Å². The van der Waals surface area contributed by atoms with Gasteiger partial charge in [0.1, 0.15) is 137 Å². The van der Waals surface area contributed by atoms with E-state index >= 15 is 0 Å². The average molecular weight is 1170 g/mol. The third kappa shape index (κ3) is 11.3. The molecule has 0 radical (unpaired) electrons. The second-order valence-electron chi connectivity index (χ2n) is 21.2. The van der Waals surface area contributed by atoms with Crippen molar-refractivity contribution in [2.24, 2.45) is 0 Å². The fourth-order valence-corrected chi connectivity index (χ4v) is 11.4. The molecule has 24 nitrogen and oxygen atoms in total. The van der Waals surface area contributed by atoms with Crippen LogP contribution in [0.3, 0.4) is 0 Å². The summed E-state index contributed by atoms with van der Waals surface area (Å²) in [7, 11) is 0. The first kappa shape index (κ1) is 58.4. The van der Waals surface area contributed by atoms with E-state index in [2.05, 4.69) is 0 Å². The van der Waals surface area contributed by atoms with Gasteiger partial charge in [-0.25, -0.2) is 0 Å². The van der Waals surface area contributed by atoms with Gasteiger partial charge in [-0.3, -0.25) is 0 Å². The lowest BCUT2D eigenvalue weighted by Gasteiger charge is -2.39. The maximum atomic E-state index is 11.6. The van der Waals surface area contributed by atoms with Crippen LogP contribution in [-0.2, 0) is 14.2 Å². The molecule has 5 heterocycles. The first-order valence-corrected chi connectivity index (χ1v) is 26.8. The Labute approximate surface area is 477 Å². The Morgan fingerprint density at radius 2 is 0.774 bits per heavy atom. The van der Waals surface area contributed by atoms with Gasteiger partial charge in [0.2, 0.25) is 18.9 Å². The van der Waals surface area contributed by atoms with Gasteiger partial charge < -0.3 is 120 Å². The van der Waals surface area contributed by atoms with Crippen molar-refractivity contribution in [1.29, 1.82) is 0 Å². The molecular formula is C60H62O24. The van der Waals surface area contributed by atoms with E-state index in [0.717, 1.165) is 0 Å². The highest BCUT2D eigenvalue weighted by Gasteiger charge is 2.50. The fraction of sp³-hybridized carbons (Fsp3) is 0.367. The monoisotopic (exact) mass is 1170 g/mol. The van der Waals surface area contributed by atoms with E-state index in [1.54, 1.807) is 60.7 Å². The van der Waals surface area contributed by atoms with Crippen LogP contribution in [0.1, 0.15) is 68.6 Å². The SMILES string of the molecule is OC[C@H]1O[C@@H](Oc2cc(O)cc([C@@H]3c4c(cc(O[C@@H]5O[C@H](CO)[C@@H](O)[C@H](O)[C@H]5O)cc4[C@H]4c5c(/C=C/c6ccc(O)cc6)cc(O[C@@H]6O[C@H](CO)[C@@H](O)[C@H](O)[C@H]6O)cc5O[C@@H]4c4ccc(O)cc4)O[C@H]3c3ccc(O)cc3)c2)[C@H](O)[C@@H](O)[C@@H]1O. The minimum Gasteiger partial charge on any atom is -0.508 e. The Morgan fingerprint density at radius 3 is 1.23 bits per heavy atom. The van der Waals surface area contributed by atoms with Crippen LogP contribution >= 0.6 is 0 Å². The van der Waals surface area contributed by atoms with Gasteiger partial charge >= 0.3 is 0 Å². The number of rotatable bonds is 15. The number of phenolic OH excluding ortho intramolecular Hbond substituents is 4. The lowest BCUT2D eigenvalue weighted by molar-refractivity contribution is -0.277. The number of aromatic hydroxyl groups is 4. The van der Waals surface area contributed by atoms with Crippen LogP contribution in [0.2, 0.25) is 0 Å². The van der Waals surface area contributed by atoms with Gasteiger partial charge in [-0.05, 0) is 94.0 Å². The summed E-state index contributed by atoms with van der Waals surface area (Å²) in [6, 6.07) is 28.7. The van der Waals surface area contributed by atoms with E-state index in [9.17, 15) is 81.7 Å². The average Bonchev–Trinajstić information content (AvgIpc) is 2.02. The topological polar surface area (TPSA) is 398 Å². The van der Waals surface area contributed by atoms with Crippen molar-refractivity contribution in [3.8, 4) is 51.7 Å². The normalized spacial score (nSPS) is 32.7. The van der Waals surface area contributed by atoms with Crippen LogP contribution in [0.15, 0.2) is 115 Å². The van der Waals surface area contributed by atoms with Gasteiger partial charge in [0.15, 0.2) is 0 Å². The molecule has 0 spiro atoms. The number of aliphatic hydroxyl groups excluding tert-OH is 12. The standard InChI is InChI=1S/C60H62O24/c61-22-40-47(68)50(71)53(74)58(82-40)77-34-17-29(15-33(67)18-34)44-45-37(19-36(79-60-55(76)52(73)49(70)42(24-63)84-60)21-39(45)81-56(44)26-5-11-31(65)12-6-26)46-43-28(4-1-25-2-9-30(64)10-3-25)16-35(78-59-54(75)51(72)48(69)41(23-62)83-59)20-38(43)80-57(46)27-7-13-32(66)14-8-27/h1-21,40-42,44,46-76H,22-24H2/b4-1+/t40-,41-,42-,44-,46+,47-,48-,49-,50+,51+,52+,53-,54-,55-,56+,57-,58-,59-,60-/m1/s1. The van der Waals surface area contributed by atoms with Gasteiger partial charge in [0.25, 0.3) is 0 Å². The Morgan fingerprint density at radius 1 is 0.369 bits per heavy atom. The van der Waals surface area contributed by atoms with Crippen LogP contribution in [0.4, 0.5) is 0 Å². The van der Waals surface area contributed by atoms with Gasteiger partial charge in [0.05, 0.1) is 31.7 Å². The molecule has 446 valence electrons. The predicted molar refractivity (Wildman–Crippen MR) is 288 cm³/mol. The second-order valence-corrected chi connectivity index (χ2v) is 21.2. The molecule has 3 saturated heterocycles. The molecule has 5 aliphatic heterocycles. The Hall–Kier alpha value is -7.34. The number of aliphatic hydroxyl groups is 12. The molecule has 0 saturated carbocycles. The highest BCUT2D eigenvalue weighted by atomic mass is 16.7. The summed E-state index contributed by atoms with van der Waals surface area (Å²) < 4.78 is 50.0. The lowest BCUT2D eigenvalue weighted by Crippen LogP contribution is -2.60. The first-order valence-electron chi connectivity index (χ1n) is 26.8. The summed E-state index contributed by atoms with van der Waals surface area (Å²) in [5.41, 5.74) is 3.39. The molecule has 0 bridgehead atoms. The molecule has 6 aromatic rings. The summed E-state index contributed by atoms with van der Waals surface area (Å²) in [6.45, 7) is -2.28. The molecule has 5 aliphatic rings. The van der Waals surface area contributed by atoms with Crippen LogP contribution in [-0.4, -0.2) is 194 Å². The molecule has 0 aromatic heterocycles. The van der Waals surface area contributed by atoms with Gasteiger partial charge in [-0.2, -0.15) is 0 Å². The van der Waals surface area contributed by atoms with Crippen molar-refractivity contribution in [3.63, 3.8) is 0 Å². The molecule has 11 rings (SSSR count). The zero-order valence-corrected chi connectivity index (χ0v) is 44.1. The third-order valence-corrected chi connectivity index (χ3v) is 15.7. The zero-order valence-electron chi connectivity index (χ0n) is 44.1. The van der Waals surface area contributed by atoms with E-state index in [4.69, 9.17) is 37.9 Å². The van der Waals surface area contributed by atoms with E-state index < -0.39 is 136 Å². The summed E-state index contributed by atoms with van der Waals surface area (Å²) in [5, 5.41) is 171. The summed E-state index contributed by atoms with van der Waals surface area (Å²) in [5.74, 6) is -2.56. The molecule has 16 N–H and O–H groups in total. The van der Waals surface area contributed by atoms with E-state index in [-0.39, 0.29) is 57.3 Å². The van der Waals surface area contributed by atoms with Crippen molar-refractivity contribution in [2.45, 2.75) is 116 Å². The fourth-order valence-electron chi connectivity index (χ4n) is 11.4. The molecule has 24 heteroatoms. The van der Waals surface area contributed by atoms with Gasteiger partial charge in [0, 0.05) is 29.3 Å². The molecular weight excluding hydrogens is 1100 g/mol. The maximum Gasteiger partial charge on any atom is 0.229 e. The van der Waals surface area contributed by atoms with Crippen LogP contribution in [0.5, 0.6) is 51.7 Å². The van der Waals surface area contributed by atoms with E-state index in [0.29, 0.717) is 38.9 Å². The van der Waals surface area contributed by atoms with Crippen molar-refractivity contribution >= 4 is 12.2 Å². The Balaban J connectivity index is 1.14. The highest BCUT2D eigenvalue weighted by Crippen LogP contribution is 2.60. The molecule has 0 aliphatic carbocycles. The summed E-state index contributed by atoms with van der Waals surface area (Å²) in [4.78, 5) is 0. The van der Waals surface area contributed by atoms with Gasteiger partial charge in [-0.15, -0.1) is 0 Å². The number of fused-ring (bicyclic) bond motifs is 2. The molecule has 0 unspecified atom stereocenters. The largest absolute Gasteiger partial charge is 0.508 e. The number of hydrogen-bond acceptors (Lipinski definition) is 24. The molecule has 3 fully saturated rings. The Bertz CT molecular complexity index is 3300. The third-order valence-electron chi connectivity index (χ3n) is 15.7. The zero-order chi connectivity index (χ0) is 59.4. The predicted octanol–water partition coefficient (Wildman–Crippen LogP) is 0.747. The molecule has 0 amide bonds.